The number of hydrogen-bond donors (Lipinski definition) is 0. The normalized spacial score (nSPS) is 19.1. The van der Waals surface area contributed by atoms with Crippen LogP contribution < -0.4 is 4.74 Å². The van der Waals surface area contributed by atoms with E-state index in [0.717, 1.165) is 69.1 Å². The van der Waals surface area contributed by atoms with E-state index in [2.05, 4.69) is 49.8 Å². The first-order valence-electron chi connectivity index (χ1n) is 11.6. The summed E-state index contributed by atoms with van der Waals surface area (Å²) in [4.78, 5) is 11.4. The Morgan fingerprint density at radius 2 is 1.81 bits per heavy atom. The van der Waals surface area contributed by atoms with Crippen LogP contribution in [0.3, 0.4) is 0 Å². The van der Waals surface area contributed by atoms with E-state index in [9.17, 15) is 0 Å². The monoisotopic (exact) mass is 420 g/mol. The Morgan fingerprint density at radius 3 is 2.61 bits per heavy atom. The van der Waals surface area contributed by atoms with Crippen molar-refractivity contribution in [3.05, 3.63) is 54.5 Å². The highest BCUT2D eigenvalue weighted by Crippen LogP contribution is 2.38. The van der Waals surface area contributed by atoms with Crippen LogP contribution in [-0.4, -0.2) is 58.9 Å². The number of imidazole rings is 1. The number of ether oxygens (including phenoxy) is 2. The van der Waals surface area contributed by atoms with Crippen molar-refractivity contribution in [2.75, 3.05) is 39.5 Å². The first kappa shape index (κ1) is 20.5. The van der Waals surface area contributed by atoms with Gasteiger partial charge in [0.25, 0.3) is 0 Å². The topological polar surface area (TPSA) is 52.4 Å². The summed E-state index contributed by atoms with van der Waals surface area (Å²) in [5, 5.41) is 0. The molecule has 2 aromatic heterocycles. The van der Waals surface area contributed by atoms with Gasteiger partial charge in [-0.25, -0.2) is 9.97 Å². The molecule has 2 aliphatic rings. The van der Waals surface area contributed by atoms with Gasteiger partial charge < -0.3 is 18.9 Å². The Hall–Kier alpha value is -2.44. The fraction of sp³-hybridized carbons (Fsp3) is 0.520. The Morgan fingerprint density at radius 1 is 1.00 bits per heavy atom. The van der Waals surface area contributed by atoms with Gasteiger partial charge in [-0.1, -0.05) is 12.1 Å². The first-order valence-corrected chi connectivity index (χ1v) is 11.6. The van der Waals surface area contributed by atoms with Gasteiger partial charge in [0.15, 0.2) is 5.65 Å². The van der Waals surface area contributed by atoms with Crippen LogP contribution in [-0.2, 0) is 16.7 Å². The summed E-state index contributed by atoms with van der Waals surface area (Å²) in [5.41, 5.74) is 3.29. The average Bonchev–Trinajstić information content (AvgIpc) is 3.48. The molecule has 2 aliphatic heterocycles. The van der Waals surface area contributed by atoms with Crippen LogP contribution in [0.1, 0.15) is 37.7 Å². The molecular weight excluding hydrogens is 388 g/mol. The lowest BCUT2D eigenvalue weighted by molar-refractivity contribution is 0.0438. The van der Waals surface area contributed by atoms with Gasteiger partial charge in [-0.15, -0.1) is 0 Å². The van der Waals surface area contributed by atoms with E-state index in [0.29, 0.717) is 0 Å². The summed E-state index contributed by atoms with van der Waals surface area (Å²) in [6.07, 6.45) is 9.51. The predicted molar refractivity (Wildman–Crippen MR) is 121 cm³/mol. The smallest absolute Gasteiger partial charge is 0.177 e. The van der Waals surface area contributed by atoms with Crippen molar-refractivity contribution in [1.82, 2.24) is 19.4 Å². The third-order valence-corrected chi connectivity index (χ3v) is 6.87. The van der Waals surface area contributed by atoms with Crippen LogP contribution in [0, 0.1) is 0 Å². The Bertz CT molecular complexity index is 973. The van der Waals surface area contributed by atoms with E-state index in [1.807, 2.05) is 12.4 Å². The van der Waals surface area contributed by atoms with Crippen molar-refractivity contribution in [3.8, 4) is 5.75 Å². The molecule has 6 nitrogen and oxygen atoms in total. The number of hydrogen-bond acceptors (Lipinski definition) is 5. The number of pyridine rings is 1. The van der Waals surface area contributed by atoms with Crippen molar-refractivity contribution in [2.24, 2.45) is 0 Å². The molecule has 0 saturated carbocycles. The SMILES string of the molecule is c1cnc2ncn(CC3(c4ccc(OCCCN5CCCC5)cc4)CCOCC3)c2c1. The summed E-state index contributed by atoms with van der Waals surface area (Å²) in [6, 6.07) is 12.8. The highest BCUT2D eigenvalue weighted by atomic mass is 16.5. The zero-order chi connectivity index (χ0) is 20.9. The largest absolute Gasteiger partial charge is 0.494 e. The molecule has 0 spiro atoms. The van der Waals surface area contributed by atoms with Crippen LogP contribution in [0.15, 0.2) is 48.9 Å². The molecule has 31 heavy (non-hydrogen) atoms. The third kappa shape index (κ3) is 4.60. The van der Waals surface area contributed by atoms with E-state index < -0.39 is 0 Å². The van der Waals surface area contributed by atoms with Gasteiger partial charge in [0.05, 0.1) is 18.5 Å². The predicted octanol–water partition coefficient (Wildman–Crippen LogP) is 4.04. The van der Waals surface area contributed by atoms with E-state index >= 15 is 0 Å². The minimum absolute atomic E-state index is 0.0377. The molecule has 3 aromatic rings. The van der Waals surface area contributed by atoms with Gasteiger partial charge in [-0.2, -0.15) is 0 Å². The molecule has 0 amide bonds. The highest BCUT2D eigenvalue weighted by molar-refractivity contribution is 5.70. The molecule has 0 bridgehead atoms. The maximum absolute atomic E-state index is 6.03. The fourth-order valence-electron chi connectivity index (χ4n) is 5.04. The third-order valence-electron chi connectivity index (χ3n) is 6.87. The van der Waals surface area contributed by atoms with E-state index in [-0.39, 0.29) is 5.41 Å². The maximum atomic E-state index is 6.03. The molecule has 5 rings (SSSR count). The van der Waals surface area contributed by atoms with Crippen LogP contribution in [0.5, 0.6) is 5.75 Å². The molecule has 1 aromatic carbocycles. The second kappa shape index (κ2) is 9.37. The maximum Gasteiger partial charge on any atom is 0.177 e. The van der Waals surface area contributed by atoms with Gasteiger partial charge in [0.1, 0.15) is 5.75 Å². The number of likely N-dealkylation sites (tertiary alicyclic amines) is 1. The molecule has 164 valence electrons. The van der Waals surface area contributed by atoms with Crippen LogP contribution in [0.25, 0.3) is 11.2 Å². The number of rotatable bonds is 8. The molecule has 0 atom stereocenters. The Kier molecular flexibility index (Phi) is 6.18. The van der Waals surface area contributed by atoms with Crippen LogP contribution >= 0.6 is 0 Å². The number of nitrogens with zero attached hydrogens (tertiary/aromatic N) is 4. The molecule has 0 radical (unpaired) electrons. The summed E-state index contributed by atoms with van der Waals surface area (Å²) in [7, 11) is 0. The van der Waals surface area contributed by atoms with Crippen LogP contribution in [0.2, 0.25) is 0 Å². The van der Waals surface area contributed by atoms with Crippen molar-refractivity contribution < 1.29 is 9.47 Å². The second-order valence-corrected chi connectivity index (χ2v) is 8.89. The first-order chi connectivity index (χ1) is 15.3. The second-order valence-electron chi connectivity index (χ2n) is 8.89. The van der Waals surface area contributed by atoms with Gasteiger partial charge in [-0.05, 0) is 75.0 Å². The lowest BCUT2D eigenvalue weighted by atomic mass is 9.74. The quantitative estimate of drug-likeness (QED) is 0.515. The molecule has 6 heteroatoms. The van der Waals surface area contributed by atoms with Crippen molar-refractivity contribution in [1.29, 1.82) is 0 Å². The molecule has 4 heterocycles. The summed E-state index contributed by atoms with van der Waals surface area (Å²) < 4.78 is 14.0. The van der Waals surface area contributed by atoms with Crippen molar-refractivity contribution >= 4 is 11.2 Å². The molecule has 2 saturated heterocycles. The van der Waals surface area contributed by atoms with Crippen LogP contribution in [0.4, 0.5) is 0 Å². The van der Waals surface area contributed by atoms with E-state index in [4.69, 9.17) is 9.47 Å². The van der Waals surface area contributed by atoms with Gasteiger partial charge in [0.2, 0.25) is 0 Å². The molecule has 2 fully saturated rings. The summed E-state index contributed by atoms with van der Waals surface area (Å²) in [5.74, 6) is 0.963. The Balaban J connectivity index is 1.27. The lowest BCUT2D eigenvalue weighted by Crippen LogP contribution is -2.37. The molecular formula is C25H32N4O2. The Labute approximate surface area is 184 Å². The number of aromatic nitrogens is 3. The standard InChI is InChI=1S/C25H32N4O2/c1-2-14-28(13-1)15-4-16-31-22-8-6-21(7-9-22)25(10-17-30-18-11-25)19-29-20-27-24-23(29)5-3-12-26-24/h3,5-9,12,20H,1-2,4,10-11,13-19H2. The summed E-state index contributed by atoms with van der Waals surface area (Å²) >= 11 is 0. The molecule has 0 aliphatic carbocycles. The van der Waals surface area contributed by atoms with E-state index in [1.54, 1.807) is 6.20 Å². The van der Waals surface area contributed by atoms with E-state index in [1.165, 1.54) is 31.5 Å². The summed E-state index contributed by atoms with van der Waals surface area (Å²) in [6.45, 7) is 6.90. The number of benzene rings is 1. The zero-order valence-electron chi connectivity index (χ0n) is 18.2. The molecule has 0 N–H and O–H groups in total. The fourth-order valence-corrected chi connectivity index (χ4v) is 5.04. The lowest BCUT2D eigenvalue weighted by Gasteiger charge is -2.38. The van der Waals surface area contributed by atoms with Gasteiger partial charge in [0, 0.05) is 37.9 Å². The average molecular weight is 421 g/mol. The van der Waals surface area contributed by atoms with Crippen molar-refractivity contribution in [2.45, 2.75) is 44.1 Å². The zero-order valence-corrected chi connectivity index (χ0v) is 18.2. The minimum Gasteiger partial charge on any atom is -0.494 e. The van der Waals surface area contributed by atoms with Gasteiger partial charge >= 0.3 is 0 Å². The highest BCUT2D eigenvalue weighted by Gasteiger charge is 2.35. The van der Waals surface area contributed by atoms with Gasteiger partial charge in [-0.3, -0.25) is 0 Å². The molecule has 0 unspecified atom stereocenters. The number of fused-ring (bicyclic) bond motifs is 1. The van der Waals surface area contributed by atoms with Crippen molar-refractivity contribution in [3.63, 3.8) is 0 Å². The minimum atomic E-state index is 0.0377.